The third-order valence-electron chi connectivity index (χ3n) is 11.2. The molecule has 0 aromatic heterocycles. The van der Waals surface area contributed by atoms with Gasteiger partial charge in [-0.05, 0) is 24.1 Å². The number of benzene rings is 1. The number of hydrogen-bond donors (Lipinski definition) is 15. The molecule has 4 fully saturated rings. The van der Waals surface area contributed by atoms with Crippen LogP contribution in [0.25, 0.3) is 0 Å². The Morgan fingerprint density at radius 3 is 1.82 bits per heavy atom. The Bertz CT molecular complexity index is 1590. The molecule has 0 spiro atoms. The Labute approximate surface area is 364 Å². The van der Waals surface area contributed by atoms with E-state index in [4.69, 9.17) is 62.8 Å². The molecule has 0 radical (unpaired) electrons. The van der Waals surface area contributed by atoms with E-state index in [0.717, 1.165) is 11.8 Å². The Morgan fingerprint density at radius 1 is 0.758 bits per heavy atom. The van der Waals surface area contributed by atoms with Crippen LogP contribution < -0.4 is 39.7 Å². The molecule has 3 saturated heterocycles. The summed E-state index contributed by atoms with van der Waals surface area (Å²) < 4.78 is 36.1. The van der Waals surface area contributed by atoms with E-state index in [9.17, 15) is 55.8 Å². The summed E-state index contributed by atoms with van der Waals surface area (Å²) in [5, 5.41) is 99.3. The van der Waals surface area contributed by atoms with Crippen molar-refractivity contribution in [3.05, 3.63) is 39.9 Å². The molecule has 354 valence electrons. The molecular weight excluding hydrogens is 869 g/mol. The number of carbonyl (C=O) groups excluding carboxylic acids is 1. The molecule has 21 N–H and O–H groups in total. The fraction of sp³-hybridized carbons (Fsp3) is 0.800. The number of hydrogen-bond acceptors (Lipinski definition) is 25. The van der Waals surface area contributed by atoms with Crippen LogP contribution in [0.1, 0.15) is 18.1 Å². The van der Waals surface area contributed by atoms with Gasteiger partial charge in [0.2, 0.25) is 5.91 Å². The third kappa shape index (κ3) is 11.9. The number of non-ortho nitro benzene ring substituents is 1. The minimum Gasteiger partial charge on any atom is -0.394 e. The molecule has 16 unspecified atom stereocenters. The number of nitrogens with one attached hydrogen (secondary N) is 1. The summed E-state index contributed by atoms with van der Waals surface area (Å²) in [6, 6.07) is -0.510. The Kier molecular flexibility index (Phi) is 18.9. The van der Waals surface area contributed by atoms with Crippen LogP contribution in [0.4, 0.5) is 5.69 Å². The van der Waals surface area contributed by atoms with Crippen LogP contribution in [-0.2, 0) is 33.2 Å². The summed E-state index contributed by atoms with van der Waals surface area (Å²) in [4.78, 5) is 23.2. The normalized spacial score (nSPS) is 41.1. The first-order valence-corrected chi connectivity index (χ1v) is 22.1. The van der Waals surface area contributed by atoms with Gasteiger partial charge in [0.25, 0.3) is 5.69 Å². The number of rotatable bonds is 19. The molecule has 25 nitrogen and oxygen atoms in total. The maximum atomic E-state index is 12.8. The topological polar surface area (TPSA) is 446 Å². The van der Waals surface area contributed by atoms with Crippen LogP contribution in [0.2, 0.25) is 0 Å². The fourth-order valence-electron chi connectivity index (χ4n) is 7.59. The largest absolute Gasteiger partial charge is 0.394 e. The molecule has 1 saturated carbocycles. The van der Waals surface area contributed by atoms with Gasteiger partial charge in [-0.3, -0.25) is 14.9 Å². The van der Waals surface area contributed by atoms with Crippen molar-refractivity contribution < 1.29 is 79.0 Å². The van der Waals surface area contributed by atoms with Crippen LogP contribution >= 0.6 is 23.5 Å². The highest BCUT2D eigenvalue weighted by atomic mass is 32.2. The SMILES string of the molecule is NCC1OC(OC2C(N)CC(N)C(O)C2O[C@@H]2O[C@H](CSCSCC(=O)N[C@H](CO)[C@H](O)c3ccc([N+](=O)[O-])cc3)C(OC3OC(CN)C(O)C(O)C3N)[C@@H]2O)C(N)C(O)C1O. The molecule has 1 aliphatic carbocycles. The lowest BCUT2D eigenvalue weighted by atomic mass is 9.84. The number of amides is 1. The summed E-state index contributed by atoms with van der Waals surface area (Å²) in [6.07, 6.45) is -21.7. The van der Waals surface area contributed by atoms with Crippen LogP contribution in [0.5, 0.6) is 0 Å². The molecule has 0 bridgehead atoms. The van der Waals surface area contributed by atoms with Gasteiger partial charge in [-0.1, -0.05) is 0 Å². The van der Waals surface area contributed by atoms with Crippen LogP contribution in [0.15, 0.2) is 24.3 Å². The lowest BCUT2D eigenvalue weighted by Gasteiger charge is -2.47. The highest BCUT2D eigenvalue weighted by Gasteiger charge is 2.54. The molecule has 21 atom stereocenters. The lowest BCUT2D eigenvalue weighted by Crippen LogP contribution is -2.68. The molecule has 62 heavy (non-hydrogen) atoms. The number of carbonyl (C=O) groups is 1. The second kappa shape index (κ2) is 22.9. The fourth-order valence-corrected chi connectivity index (χ4v) is 9.54. The van der Waals surface area contributed by atoms with Gasteiger partial charge in [-0.25, -0.2) is 0 Å². The lowest BCUT2D eigenvalue weighted by molar-refractivity contribution is -0.384. The van der Waals surface area contributed by atoms with Gasteiger partial charge >= 0.3 is 0 Å². The number of nitro groups is 1. The average molecular weight is 929 g/mol. The standard InChI is InChI=1S/C35H60N8O17S2/c36-6-17-25(48)27(50)21(40)33(55-17)58-30-15(39)5-14(38)24(47)32(30)60-35-29(52)31(59-34-22(41)28(51)26(49)18(7-37)56-34)19(57-35)9-61-11-62-10-20(45)42-16(8-44)23(46)12-1-3-13(4-2-12)43(53)54/h1-4,14-19,21-35,44,46-52H,5-11,36-41H2,(H,42,45)/t14?,15?,16-,17?,18?,19-,21?,22?,23-,24?,25?,26?,27?,28?,29+,30?,31?,32?,33?,34?,35+/m1/s1. The summed E-state index contributed by atoms with van der Waals surface area (Å²) in [5.41, 5.74) is 36.5. The second-order valence-corrected chi connectivity index (χ2v) is 17.9. The maximum absolute atomic E-state index is 12.8. The van der Waals surface area contributed by atoms with E-state index >= 15 is 0 Å². The summed E-state index contributed by atoms with van der Waals surface area (Å²) in [6.45, 7) is -1.03. The number of ether oxygens (including phenoxy) is 6. The van der Waals surface area contributed by atoms with Crippen molar-refractivity contribution in [2.24, 2.45) is 34.4 Å². The highest BCUT2D eigenvalue weighted by molar-refractivity contribution is 8.16. The monoisotopic (exact) mass is 928 g/mol. The van der Waals surface area contributed by atoms with Crippen LogP contribution in [-0.4, -0.2) is 210 Å². The number of aliphatic hydroxyl groups is 8. The Hall–Kier alpha value is -2.01. The first-order chi connectivity index (χ1) is 29.4. The Balaban J connectivity index is 1.25. The smallest absolute Gasteiger partial charge is 0.269 e. The number of nitro benzene ring substituents is 1. The van der Waals surface area contributed by atoms with Crippen LogP contribution in [0.3, 0.4) is 0 Å². The van der Waals surface area contributed by atoms with Gasteiger partial charge in [0.1, 0.15) is 67.1 Å². The maximum Gasteiger partial charge on any atom is 0.269 e. The van der Waals surface area contributed by atoms with E-state index in [1.54, 1.807) is 0 Å². The van der Waals surface area contributed by atoms with Crippen molar-refractivity contribution >= 4 is 35.1 Å². The van der Waals surface area contributed by atoms with Crippen molar-refractivity contribution in [3.8, 4) is 0 Å². The molecular formula is C35H60N8O17S2. The summed E-state index contributed by atoms with van der Waals surface area (Å²) in [7, 11) is 0. The number of aliphatic hydroxyl groups excluding tert-OH is 8. The van der Waals surface area contributed by atoms with Crippen molar-refractivity contribution in [2.45, 2.75) is 135 Å². The van der Waals surface area contributed by atoms with E-state index in [0.29, 0.717) is 0 Å². The molecule has 4 aliphatic rings. The van der Waals surface area contributed by atoms with Crippen molar-refractivity contribution in [3.63, 3.8) is 0 Å². The zero-order chi connectivity index (χ0) is 45.6. The minimum absolute atomic E-state index is 0.0440. The molecule has 5 rings (SSSR count). The molecule has 1 aromatic carbocycles. The predicted octanol–water partition coefficient (Wildman–Crippen LogP) is -7.34. The first-order valence-electron chi connectivity index (χ1n) is 19.8. The molecule has 3 aliphatic heterocycles. The minimum atomic E-state index is -1.64. The second-order valence-electron chi connectivity index (χ2n) is 15.6. The number of nitrogens with two attached hydrogens (primary N) is 6. The van der Waals surface area contributed by atoms with Crippen molar-refractivity contribution in [1.29, 1.82) is 0 Å². The number of thioether (sulfide) groups is 2. The van der Waals surface area contributed by atoms with Gasteiger partial charge in [0.15, 0.2) is 18.9 Å². The highest BCUT2D eigenvalue weighted by Crippen LogP contribution is 2.36. The molecule has 1 amide bonds. The van der Waals surface area contributed by atoms with Crippen molar-refractivity contribution in [2.75, 3.05) is 36.3 Å². The average Bonchev–Trinajstić information content (AvgIpc) is 3.54. The zero-order valence-electron chi connectivity index (χ0n) is 33.4. The van der Waals surface area contributed by atoms with E-state index in [2.05, 4.69) is 5.32 Å². The van der Waals surface area contributed by atoms with E-state index < -0.39 is 146 Å². The van der Waals surface area contributed by atoms with Gasteiger partial charge < -0.3 is 109 Å². The van der Waals surface area contributed by atoms with Crippen LogP contribution in [0, 0.1) is 10.1 Å². The summed E-state index contributed by atoms with van der Waals surface area (Å²) >= 11 is 2.41. The Morgan fingerprint density at radius 2 is 1.29 bits per heavy atom. The zero-order valence-corrected chi connectivity index (χ0v) is 35.0. The molecule has 1 aromatic rings. The van der Waals surface area contributed by atoms with E-state index in [1.165, 1.54) is 36.0 Å². The molecule has 27 heteroatoms. The molecule has 3 heterocycles. The van der Waals surface area contributed by atoms with Gasteiger partial charge in [-0.2, -0.15) is 0 Å². The van der Waals surface area contributed by atoms with Crippen molar-refractivity contribution in [1.82, 2.24) is 5.32 Å². The van der Waals surface area contributed by atoms with E-state index in [1.807, 2.05) is 0 Å². The van der Waals surface area contributed by atoms with E-state index in [-0.39, 0.29) is 47.4 Å². The van der Waals surface area contributed by atoms with Gasteiger partial charge in [0.05, 0.1) is 47.6 Å². The first kappa shape index (κ1) is 51.0. The summed E-state index contributed by atoms with van der Waals surface area (Å²) in [5.74, 6) is -0.557. The quantitative estimate of drug-likeness (QED) is 0.0265. The van der Waals surface area contributed by atoms with Gasteiger partial charge in [-0.15, -0.1) is 23.5 Å². The predicted molar refractivity (Wildman–Crippen MR) is 218 cm³/mol. The van der Waals surface area contributed by atoms with Gasteiger partial charge in [0, 0.05) is 48.1 Å². The number of nitrogens with zero attached hydrogens (tertiary/aromatic N) is 1. The third-order valence-corrected chi connectivity index (χ3v) is 13.6.